The van der Waals surface area contributed by atoms with E-state index in [1.807, 2.05) is 25.1 Å². The molecule has 0 aliphatic heterocycles. The van der Waals surface area contributed by atoms with Gasteiger partial charge in [-0.25, -0.2) is 5.84 Å². The predicted octanol–water partition coefficient (Wildman–Crippen LogP) is 1.18. The number of carbonyl (C=O) groups excluding carboxylic acids is 1. The highest BCUT2D eigenvalue weighted by Crippen LogP contribution is 2.09. The molecule has 82 valence electrons. The molecule has 0 aliphatic rings. The van der Waals surface area contributed by atoms with Crippen LogP contribution in [0.1, 0.15) is 18.4 Å². The molecule has 0 bridgehead atoms. The number of rotatable bonds is 5. The fourth-order valence-corrected chi connectivity index (χ4v) is 1.31. The van der Waals surface area contributed by atoms with E-state index in [4.69, 9.17) is 5.84 Å². The highest BCUT2D eigenvalue weighted by Gasteiger charge is 1.97. The number of hydrogen-bond acceptors (Lipinski definition) is 3. The molecule has 0 heterocycles. The average molecular weight is 207 g/mol. The number of amides is 1. The molecule has 0 radical (unpaired) electrons. The van der Waals surface area contributed by atoms with Gasteiger partial charge in [0.25, 0.3) is 0 Å². The number of hydrazine groups is 1. The van der Waals surface area contributed by atoms with Gasteiger partial charge in [0.05, 0.1) is 0 Å². The second-order valence-electron chi connectivity index (χ2n) is 3.47. The highest BCUT2D eigenvalue weighted by atomic mass is 16.2. The first-order chi connectivity index (χ1) is 7.22. The summed E-state index contributed by atoms with van der Waals surface area (Å²) in [6, 6.07) is 8.14. The van der Waals surface area contributed by atoms with Crippen molar-refractivity contribution in [2.45, 2.75) is 19.8 Å². The van der Waals surface area contributed by atoms with E-state index >= 15 is 0 Å². The van der Waals surface area contributed by atoms with Crippen molar-refractivity contribution in [2.24, 2.45) is 5.84 Å². The van der Waals surface area contributed by atoms with Crippen molar-refractivity contribution < 1.29 is 4.79 Å². The Hall–Kier alpha value is -1.55. The van der Waals surface area contributed by atoms with Gasteiger partial charge < -0.3 is 5.32 Å². The lowest BCUT2D eigenvalue weighted by Gasteiger charge is -2.06. The number of nitrogens with two attached hydrogens (primary N) is 1. The van der Waals surface area contributed by atoms with Crippen molar-refractivity contribution in [1.29, 1.82) is 0 Å². The molecule has 1 aromatic rings. The van der Waals surface area contributed by atoms with E-state index in [1.165, 1.54) is 5.56 Å². The van der Waals surface area contributed by atoms with Gasteiger partial charge in [-0.05, 0) is 31.0 Å². The van der Waals surface area contributed by atoms with E-state index in [-0.39, 0.29) is 5.91 Å². The fourth-order valence-electron chi connectivity index (χ4n) is 1.31. The second-order valence-corrected chi connectivity index (χ2v) is 3.47. The minimum atomic E-state index is -0.124. The molecular formula is C11H17N3O. The van der Waals surface area contributed by atoms with E-state index < -0.39 is 0 Å². The van der Waals surface area contributed by atoms with E-state index in [0.717, 1.165) is 18.7 Å². The van der Waals surface area contributed by atoms with Crippen molar-refractivity contribution >= 4 is 11.6 Å². The lowest BCUT2D eigenvalue weighted by molar-refractivity contribution is -0.121. The van der Waals surface area contributed by atoms with Crippen molar-refractivity contribution in [2.75, 3.05) is 11.9 Å². The number of nitrogens with one attached hydrogen (secondary N) is 2. The molecule has 15 heavy (non-hydrogen) atoms. The van der Waals surface area contributed by atoms with Crippen LogP contribution in [0.2, 0.25) is 0 Å². The summed E-state index contributed by atoms with van der Waals surface area (Å²) >= 11 is 0. The topological polar surface area (TPSA) is 67.2 Å². The van der Waals surface area contributed by atoms with Crippen LogP contribution in [-0.2, 0) is 4.79 Å². The maximum Gasteiger partial charge on any atom is 0.233 e. The van der Waals surface area contributed by atoms with Crippen LogP contribution in [0.5, 0.6) is 0 Å². The van der Waals surface area contributed by atoms with Crippen LogP contribution in [-0.4, -0.2) is 12.5 Å². The molecule has 0 aliphatic carbocycles. The Labute approximate surface area is 89.8 Å². The molecule has 0 unspecified atom stereocenters. The van der Waals surface area contributed by atoms with Crippen LogP contribution >= 0.6 is 0 Å². The lowest BCUT2D eigenvalue weighted by atomic mass is 10.2. The van der Waals surface area contributed by atoms with E-state index in [1.54, 1.807) is 0 Å². The largest absolute Gasteiger partial charge is 0.385 e. The van der Waals surface area contributed by atoms with Gasteiger partial charge in [0.2, 0.25) is 5.91 Å². The first-order valence-electron chi connectivity index (χ1n) is 5.02. The zero-order valence-electron chi connectivity index (χ0n) is 8.92. The molecule has 4 N–H and O–H groups in total. The van der Waals surface area contributed by atoms with Crippen molar-refractivity contribution in [1.82, 2.24) is 5.43 Å². The van der Waals surface area contributed by atoms with E-state index in [9.17, 15) is 4.79 Å². The average Bonchev–Trinajstić information content (AvgIpc) is 2.24. The Morgan fingerprint density at radius 1 is 1.47 bits per heavy atom. The van der Waals surface area contributed by atoms with Crippen LogP contribution < -0.4 is 16.6 Å². The smallest absolute Gasteiger partial charge is 0.233 e. The minimum Gasteiger partial charge on any atom is -0.385 e. The van der Waals surface area contributed by atoms with Crippen LogP contribution in [0.15, 0.2) is 24.3 Å². The van der Waals surface area contributed by atoms with Gasteiger partial charge in [-0.2, -0.15) is 0 Å². The molecule has 1 amide bonds. The van der Waals surface area contributed by atoms with E-state index in [0.29, 0.717) is 6.42 Å². The van der Waals surface area contributed by atoms with E-state index in [2.05, 4.69) is 16.8 Å². The first kappa shape index (κ1) is 11.5. The molecule has 4 heteroatoms. The Morgan fingerprint density at radius 2 is 2.27 bits per heavy atom. The minimum absolute atomic E-state index is 0.124. The molecule has 0 spiro atoms. The Kier molecular flexibility index (Phi) is 4.63. The second kappa shape index (κ2) is 6.03. The van der Waals surface area contributed by atoms with Crippen molar-refractivity contribution in [3.8, 4) is 0 Å². The molecule has 0 fully saturated rings. The normalized spacial score (nSPS) is 9.73. The molecule has 0 saturated heterocycles. The summed E-state index contributed by atoms with van der Waals surface area (Å²) in [6.07, 6.45) is 1.23. The third-order valence-electron chi connectivity index (χ3n) is 2.09. The monoisotopic (exact) mass is 207 g/mol. The van der Waals surface area contributed by atoms with Gasteiger partial charge in [-0.1, -0.05) is 12.1 Å². The van der Waals surface area contributed by atoms with Gasteiger partial charge in [0, 0.05) is 18.7 Å². The van der Waals surface area contributed by atoms with Gasteiger partial charge in [-0.15, -0.1) is 0 Å². The summed E-state index contributed by atoms with van der Waals surface area (Å²) in [7, 11) is 0. The van der Waals surface area contributed by atoms with Crippen LogP contribution in [0.3, 0.4) is 0 Å². The van der Waals surface area contributed by atoms with Gasteiger partial charge in [0.15, 0.2) is 0 Å². The lowest BCUT2D eigenvalue weighted by Crippen LogP contribution is -2.30. The van der Waals surface area contributed by atoms with Gasteiger partial charge >= 0.3 is 0 Å². The summed E-state index contributed by atoms with van der Waals surface area (Å²) in [5.41, 5.74) is 4.41. The molecule has 1 aromatic carbocycles. The molecule has 4 nitrogen and oxygen atoms in total. The first-order valence-corrected chi connectivity index (χ1v) is 5.02. The fraction of sp³-hybridized carbons (Fsp3) is 0.364. The Balaban J connectivity index is 2.23. The maximum absolute atomic E-state index is 10.8. The summed E-state index contributed by atoms with van der Waals surface area (Å²) in [6.45, 7) is 2.82. The molecular weight excluding hydrogens is 190 g/mol. The van der Waals surface area contributed by atoms with Crippen LogP contribution in [0.25, 0.3) is 0 Å². The summed E-state index contributed by atoms with van der Waals surface area (Å²) in [5, 5.41) is 3.24. The maximum atomic E-state index is 10.8. The Morgan fingerprint density at radius 3 is 2.93 bits per heavy atom. The standard InChI is InChI=1S/C11H17N3O/c1-9-4-2-5-10(8-9)13-7-3-6-11(15)14-12/h2,4-5,8,13H,3,6-7,12H2,1H3,(H,14,15). The zero-order valence-corrected chi connectivity index (χ0v) is 8.92. The number of hydrogen-bond donors (Lipinski definition) is 3. The summed E-state index contributed by atoms with van der Waals surface area (Å²) < 4.78 is 0. The number of carbonyl (C=O) groups is 1. The summed E-state index contributed by atoms with van der Waals surface area (Å²) in [4.78, 5) is 10.8. The number of benzene rings is 1. The van der Waals surface area contributed by atoms with Crippen molar-refractivity contribution in [3.63, 3.8) is 0 Å². The van der Waals surface area contributed by atoms with Gasteiger partial charge in [0.1, 0.15) is 0 Å². The zero-order chi connectivity index (χ0) is 11.1. The Bertz CT molecular complexity index is 325. The quantitative estimate of drug-likeness (QED) is 0.294. The third kappa shape index (κ3) is 4.46. The molecule has 0 atom stereocenters. The number of anilines is 1. The number of aryl methyl sites for hydroxylation is 1. The summed E-state index contributed by atoms with van der Waals surface area (Å²) in [5.74, 6) is 4.84. The molecule has 0 aromatic heterocycles. The highest BCUT2D eigenvalue weighted by molar-refractivity contribution is 5.75. The van der Waals surface area contributed by atoms with Crippen LogP contribution in [0, 0.1) is 6.92 Å². The molecule has 1 rings (SSSR count). The van der Waals surface area contributed by atoms with Gasteiger partial charge in [-0.3, -0.25) is 10.2 Å². The SMILES string of the molecule is Cc1cccc(NCCCC(=O)NN)c1. The molecule has 0 saturated carbocycles. The predicted molar refractivity (Wildman–Crippen MR) is 61.2 cm³/mol. The third-order valence-corrected chi connectivity index (χ3v) is 2.09. The van der Waals surface area contributed by atoms with Crippen molar-refractivity contribution in [3.05, 3.63) is 29.8 Å². The van der Waals surface area contributed by atoms with Crippen LogP contribution in [0.4, 0.5) is 5.69 Å².